The first-order chi connectivity index (χ1) is 9.83. The first-order valence-corrected chi connectivity index (χ1v) is 8.03. The third kappa shape index (κ3) is 8.63. The fourth-order valence-electron chi connectivity index (χ4n) is 2.23. The molecule has 0 aromatic heterocycles. The van der Waals surface area contributed by atoms with Crippen LogP contribution in [0.1, 0.15) is 64.7 Å². The molecule has 0 unspecified atom stereocenters. The fraction of sp³-hybridized carbons (Fsp3) is 0.556. The van der Waals surface area contributed by atoms with Crippen LogP contribution in [0, 0.1) is 0 Å². The molecule has 0 bridgehead atoms. The van der Waals surface area contributed by atoms with Crippen LogP contribution in [0.2, 0.25) is 0 Å². The summed E-state index contributed by atoms with van der Waals surface area (Å²) in [5.41, 5.74) is 0.928. The normalized spacial score (nSPS) is 11.1. The molecule has 1 aromatic carbocycles. The van der Waals surface area contributed by atoms with Crippen molar-refractivity contribution in [2.45, 2.75) is 64.7 Å². The number of unbranched alkanes of at least 4 members (excludes halogenated alkanes) is 8. The van der Waals surface area contributed by atoms with Gasteiger partial charge in [0.25, 0.3) is 0 Å². The Bertz CT molecular complexity index is 373. The number of hydrogen-bond acceptors (Lipinski definition) is 2. The minimum atomic E-state index is 0.298. The summed E-state index contributed by atoms with van der Waals surface area (Å²) < 4.78 is 0. The second-order valence-corrected chi connectivity index (χ2v) is 5.36. The molecule has 0 amide bonds. The van der Waals surface area contributed by atoms with E-state index in [4.69, 9.17) is 0 Å². The van der Waals surface area contributed by atoms with Gasteiger partial charge in [0.2, 0.25) is 0 Å². The van der Waals surface area contributed by atoms with E-state index in [-0.39, 0.29) is 0 Å². The van der Waals surface area contributed by atoms with E-state index < -0.39 is 0 Å². The molecule has 20 heavy (non-hydrogen) atoms. The molecule has 112 valence electrons. The number of phenolic OH excluding ortho intramolecular Hbond substituents is 1. The summed E-state index contributed by atoms with van der Waals surface area (Å²) in [5, 5.41) is 12.5. The quantitative estimate of drug-likeness (QED) is 0.496. The van der Waals surface area contributed by atoms with E-state index in [0.29, 0.717) is 5.75 Å². The van der Waals surface area contributed by atoms with Crippen LogP contribution < -0.4 is 5.32 Å². The zero-order chi connectivity index (χ0) is 14.5. The Labute approximate surface area is 123 Å². The van der Waals surface area contributed by atoms with Crippen LogP contribution in [0.3, 0.4) is 0 Å². The van der Waals surface area contributed by atoms with Gasteiger partial charge in [0, 0.05) is 11.8 Å². The lowest BCUT2D eigenvalue weighted by Crippen LogP contribution is -1.86. The Hall–Kier alpha value is -1.44. The average Bonchev–Trinajstić information content (AvgIpc) is 2.45. The topological polar surface area (TPSA) is 32.3 Å². The summed E-state index contributed by atoms with van der Waals surface area (Å²) in [6.07, 6.45) is 16.2. The Kier molecular flexibility index (Phi) is 9.46. The SMILES string of the molecule is CCCCCCCCCC/C=C/Nc1cccc(O)c1. The predicted octanol–water partition coefficient (Wildman–Crippen LogP) is 5.85. The smallest absolute Gasteiger partial charge is 0.117 e. The van der Waals surface area contributed by atoms with Crippen molar-refractivity contribution in [1.29, 1.82) is 0 Å². The molecular formula is C18H29NO. The molecule has 0 atom stereocenters. The highest BCUT2D eigenvalue weighted by atomic mass is 16.3. The van der Waals surface area contributed by atoms with Crippen LogP contribution in [-0.4, -0.2) is 5.11 Å². The van der Waals surface area contributed by atoms with Crippen molar-refractivity contribution in [3.8, 4) is 5.75 Å². The maximum absolute atomic E-state index is 9.33. The van der Waals surface area contributed by atoms with Crippen molar-refractivity contribution in [2.24, 2.45) is 0 Å². The maximum Gasteiger partial charge on any atom is 0.117 e. The lowest BCUT2D eigenvalue weighted by atomic mass is 10.1. The second-order valence-electron chi connectivity index (χ2n) is 5.36. The van der Waals surface area contributed by atoms with Gasteiger partial charge in [0.1, 0.15) is 5.75 Å². The van der Waals surface area contributed by atoms with Gasteiger partial charge < -0.3 is 10.4 Å². The molecule has 0 aliphatic rings. The molecule has 2 heteroatoms. The Balaban J connectivity index is 1.95. The number of phenols is 1. The van der Waals surface area contributed by atoms with Crippen LogP contribution >= 0.6 is 0 Å². The van der Waals surface area contributed by atoms with Gasteiger partial charge in [0.05, 0.1) is 0 Å². The van der Waals surface area contributed by atoms with Crippen molar-refractivity contribution >= 4 is 5.69 Å². The van der Waals surface area contributed by atoms with Crippen LogP contribution in [0.25, 0.3) is 0 Å². The number of rotatable bonds is 11. The Morgan fingerprint density at radius 2 is 1.70 bits per heavy atom. The molecule has 0 heterocycles. The number of aromatic hydroxyl groups is 1. The van der Waals surface area contributed by atoms with E-state index in [2.05, 4.69) is 18.3 Å². The van der Waals surface area contributed by atoms with Crippen molar-refractivity contribution in [3.05, 3.63) is 36.5 Å². The summed E-state index contributed by atoms with van der Waals surface area (Å²) in [5.74, 6) is 0.298. The van der Waals surface area contributed by atoms with E-state index in [1.165, 1.54) is 51.4 Å². The van der Waals surface area contributed by atoms with Gasteiger partial charge in [-0.1, -0.05) is 64.0 Å². The van der Waals surface area contributed by atoms with Gasteiger partial charge in [-0.05, 0) is 31.2 Å². The average molecular weight is 275 g/mol. The maximum atomic E-state index is 9.33. The van der Waals surface area contributed by atoms with Gasteiger partial charge in [-0.2, -0.15) is 0 Å². The summed E-state index contributed by atoms with van der Waals surface area (Å²) in [6, 6.07) is 7.18. The highest BCUT2D eigenvalue weighted by Gasteiger charge is 1.91. The van der Waals surface area contributed by atoms with Crippen molar-refractivity contribution in [1.82, 2.24) is 0 Å². The minimum absolute atomic E-state index is 0.298. The van der Waals surface area contributed by atoms with Crippen molar-refractivity contribution < 1.29 is 5.11 Å². The molecule has 0 fully saturated rings. The van der Waals surface area contributed by atoms with E-state index in [0.717, 1.165) is 12.1 Å². The monoisotopic (exact) mass is 275 g/mol. The Morgan fingerprint density at radius 3 is 2.40 bits per heavy atom. The molecule has 0 aliphatic heterocycles. The van der Waals surface area contributed by atoms with Gasteiger partial charge in [-0.3, -0.25) is 0 Å². The molecule has 1 aromatic rings. The summed E-state index contributed by atoms with van der Waals surface area (Å²) in [6.45, 7) is 2.26. The third-order valence-electron chi connectivity index (χ3n) is 3.44. The standard InChI is InChI=1S/C18H29NO/c1-2-3-4-5-6-7-8-9-10-11-15-19-17-13-12-14-18(20)16-17/h11-16,19-20H,2-10H2,1H3/b15-11+. The first-order valence-electron chi connectivity index (χ1n) is 8.03. The zero-order valence-electron chi connectivity index (χ0n) is 12.8. The van der Waals surface area contributed by atoms with Gasteiger partial charge >= 0.3 is 0 Å². The van der Waals surface area contributed by atoms with Gasteiger partial charge in [0.15, 0.2) is 0 Å². The molecule has 1 rings (SSSR count). The van der Waals surface area contributed by atoms with Gasteiger partial charge in [-0.15, -0.1) is 0 Å². The summed E-state index contributed by atoms with van der Waals surface area (Å²) in [7, 11) is 0. The lowest BCUT2D eigenvalue weighted by molar-refractivity contribution is 0.475. The predicted molar refractivity (Wildman–Crippen MR) is 88.1 cm³/mol. The number of hydrogen-bond donors (Lipinski definition) is 2. The molecule has 2 nitrogen and oxygen atoms in total. The Morgan fingerprint density at radius 1 is 1.00 bits per heavy atom. The van der Waals surface area contributed by atoms with E-state index >= 15 is 0 Å². The zero-order valence-corrected chi connectivity index (χ0v) is 12.8. The highest BCUT2D eigenvalue weighted by Crippen LogP contribution is 2.15. The molecular weight excluding hydrogens is 246 g/mol. The summed E-state index contributed by atoms with van der Waals surface area (Å²) >= 11 is 0. The van der Waals surface area contributed by atoms with Crippen LogP contribution in [0.5, 0.6) is 5.75 Å². The van der Waals surface area contributed by atoms with Crippen LogP contribution in [0.15, 0.2) is 36.5 Å². The second kappa shape index (κ2) is 11.4. The summed E-state index contributed by atoms with van der Waals surface area (Å²) in [4.78, 5) is 0. The van der Waals surface area contributed by atoms with Crippen molar-refractivity contribution in [3.63, 3.8) is 0 Å². The molecule has 0 aliphatic carbocycles. The molecule has 0 radical (unpaired) electrons. The number of anilines is 1. The molecule has 0 saturated heterocycles. The minimum Gasteiger partial charge on any atom is -0.508 e. The fourth-order valence-corrected chi connectivity index (χ4v) is 2.23. The number of allylic oxidation sites excluding steroid dienone is 1. The lowest BCUT2D eigenvalue weighted by Gasteiger charge is -2.01. The molecule has 0 saturated carbocycles. The third-order valence-corrected chi connectivity index (χ3v) is 3.44. The van der Waals surface area contributed by atoms with Crippen LogP contribution in [-0.2, 0) is 0 Å². The largest absolute Gasteiger partial charge is 0.508 e. The van der Waals surface area contributed by atoms with Crippen molar-refractivity contribution in [2.75, 3.05) is 5.32 Å². The van der Waals surface area contributed by atoms with Crippen LogP contribution in [0.4, 0.5) is 5.69 Å². The molecule has 0 spiro atoms. The van der Waals surface area contributed by atoms with E-state index in [1.807, 2.05) is 18.3 Å². The number of nitrogens with one attached hydrogen (secondary N) is 1. The van der Waals surface area contributed by atoms with E-state index in [9.17, 15) is 5.11 Å². The molecule has 2 N–H and O–H groups in total. The van der Waals surface area contributed by atoms with E-state index in [1.54, 1.807) is 12.1 Å². The number of benzene rings is 1. The van der Waals surface area contributed by atoms with Gasteiger partial charge in [-0.25, -0.2) is 0 Å². The first kappa shape index (κ1) is 16.6. The highest BCUT2D eigenvalue weighted by molar-refractivity contribution is 5.49.